The maximum atomic E-state index is 14.8. The van der Waals surface area contributed by atoms with Gasteiger partial charge in [-0.3, -0.25) is 14.4 Å². The highest BCUT2D eigenvalue weighted by molar-refractivity contribution is 5.84. The van der Waals surface area contributed by atoms with Crippen molar-refractivity contribution < 1.29 is 13.5 Å². The molecule has 1 saturated heterocycles. The molecule has 9 heteroatoms. The number of nitrogens with two attached hydrogens (primary N) is 1. The van der Waals surface area contributed by atoms with Crippen molar-refractivity contribution in [2.45, 2.75) is 18.9 Å². The number of nitrogens with zero attached hydrogens (tertiary/aromatic N) is 4. The van der Waals surface area contributed by atoms with E-state index >= 15 is 0 Å². The minimum absolute atomic E-state index is 0.0607. The molecule has 4 rings (SSSR count). The number of benzene rings is 2. The van der Waals surface area contributed by atoms with Gasteiger partial charge < -0.3 is 15.4 Å². The van der Waals surface area contributed by atoms with E-state index in [0.717, 1.165) is 12.8 Å². The van der Waals surface area contributed by atoms with E-state index in [0.29, 0.717) is 35.7 Å². The molecule has 1 aliphatic heterocycles. The molecule has 2 heterocycles. The Bertz CT molecular complexity index is 1300. The molecule has 2 aromatic carbocycles. The summed E-state index contributed by atoms with van der Waals surface area (Å²) in [5, 5.41) is 0. The summed E-state index contributed by atoms with van der Waals surface area (Å²) in [6, 6.07) is 8.96. The molecule has 1 aromatic heterocycles. The predicted octanol–water partition coefficient (Wildman–Crippen LogP) is 3.38. The molecule has 3 aromatic rings. The van der Waals surface area contributed by atoms with Crippen LogP contribution < -0.4 is 20.9 Å². The minimum atomic E-state index is -0.609. The van der Waals surface area contributed by atoms with Gasteiger partial charge in [-0.2, -0.15) is 0 Å². The van der Waals surface area contributed by atoms with Crippen molar-refractivity contribution in [2.24, 2.45) is 17.8 Å². The largest absolute Gasteiger partial charge is 0.494 e. The minimum Gasteiger partial charge on any atom is -0.494 e. The number of hydrogen-bond acceptors (Lipinski definition) is 6. The first-order valence-corrected chi connectivity index (χ1v) is 11.0. The summed E-state index contributed by atoms with van der Waals surface area (Å²) >= 11 is 0. The lowest BCUT2D eigenvalue weighted by Gasteiger charge is -2.32. The third kappa shape index (κ3) is 4.43. The van der Waals surface area contributed by atoms with Crippen LogP contribution in [0, 0.1) is 11.6 Å². The van der Waals surface area contributed by atoms with Gasteiger partial charge in [-0.1, -0.05) is 12.1 Å². The van der Waals surface area contributed by atoms with Crippen LogP contribution in [-0.4, -0.2) is 49.1 Å². The van der Waals surface area contributed by atoms with Crippen molar-refractivity contribution in [1.82, 2.24) is 9.55 Å². The van der Waals surface area contributed by atoms with Crippen LogP contribution in [0.4, 0.5) is 14.7 Å². The summed E-state index contributed by atoms with van der Waals surface area (Å²) in [6.45, 7) is 1.30. The van der Waals surface area contributed by atoms with Gasteiger partial charge >= 0.3 is 0 Å². The van der Waals surface area contributed by atoms with Crippen molar-refractivity contribution in [3.05, 3.63) is 63.9 Å². The zero-order valence-electron chi connectivity index (χ0n) is 19.4. The highest BCUT2D eigenvalue weighted by atomic mass is 19.1. The Morgan fingerprint density at radius 3 is 2.41 bits per heavy atom. The van der Waals surface area contributed by atoms with Crippen LogP contribution in [0.15, 0.2) is 46.2 Å². The van der Waals surface area contributed by atoms with Gasteiger partial charge in [-0.15, -0.1) is 0 Å². The fraction of sp³-hybridized carbons (Fsp3) is 0.320. The maximum Gasteiger partial charge on any atom is 0.263 e. The van der Waals surface area contributed by atoms with Crippen LogP contribution in [0.5, 0.6) is 5.75 Å². The molecule has 1 fully saturated rings. The van der Waals surface area contributed by atoms with Crippen LogP contribution >= 0.6 is 0 Å². The van der Waals surface area contributed by atoms with Crippen LogP contribution in [0.1, 0.15) is 18.4 Å². The molecule has 0 unspecified atom stereocenters. The summed E-state index contributed by atoms with van der Waals surface area (Å²) in [4.78, 5) is 24.3. The Kier molecular flexibility index (Phi) is 6.74. The van der Waals surface area contributed by atoms with Gasteiger partial charge in [0.25, 0.3) is 5.56 Å². The third-order valence-electron chi connectivity index (χ3n) is 6.07. The van der Waals surface area contributed by atoms with Crippen molar-refractivity contribution in [2.75, 3.05) is 32.1 Å². The summed E-state index contributed by atoms with van der Waals surface area (Å²) in [5.41, 5.74) is 7.19. The average molecular weight is 468 g/mol. The van der Waals surface area contributed by atoms with E-state index in [1.165, 1.54) is 36.1 Å². The Morgan fingerprint density at radius 2 is 1.79 bits per heavy atom. The van der Waals surface area contributed by atoms with E-state index < -0.39 is 11.6 Å². The first kappa shape index (κ1) is 23.6. The summed E-state index contributed by atoms with van der Waals surface area (Å²) in [5.74, 6) is -0.583. The molecule has 1 aliphatic rings. The van der Waals surface area contributed by atoms with Gasteiger partial charge in [-0.25, -0.2) is 13.8 Å². The fourth-order valence-corrected chi connectivity index (χ4v) is 4.18. The molecular formula is C25H27F2N5O2. The van der Waals surface area contributed by atoms with Crippen molar-refractivity contribution in [1.29, 1.82) is 0 Å². The SMILES string of the molecule is C/N=C/c1ccc(-c2nc(N3CCC(N)CC3)n(C)c(=O)c2-c2ccc(OC)c(F)c2)cc1F. The number of aliphatic imine (C=N–C) groups is 1. The number of rotatable bonds is 5. The molecule has 2 N–H and O–H groups in total. The second-order valence-corrected chi connectivity index (χ2v) is 8.30. The number of aromatic nitrogens is 2. The molecule has 0 radical (unpaired) electrons. The molecule has 178 valence electrons. The third-order valence-corrected chi connectivity index (χ3v) is 6.07. The van der Waals surface area contributed by atoms with E-state index in [4.69, 9.17) is 15.5 Å². The van der Waals surface area contributed by atoms with Gasteiger partial charge in [0.05, 0.1) is 18.4 Å². The van der Waals surface area contributed by atoms with Crippen LogP contribution in [0.2, 0.25) is 0 Å². The van der Waals surface area contributed by atoms with Gasteiger partial charge in [0, 0.05) is 50.6 Å². The van der Waals surface area contributed by atoms with Gasteiger partial charge in [0.1, 0.15) is 5.82 Å². The molecule has 0 spiro atoms. The maximum absolute atomic E-state index is 14.8. The summed E-state index contributed by atoms with van der Waals surface area (Å²) in [7, 11) is 4.56. The zero-order chi connectivity index (χ0) is 24.4. The number of piperidine rings is 1. The lowest BCUT2D eigenvalue weighted by atomic mass is 9.99. The topological polar surface area (TPSA) is 85.7 Å². The van der Waals surface area contributed by atoms with E-state index in [9.17, 15) is 13.6 Å². The van der Waals surface area contributed by atoms with E-state index in [1.54, 1.807) is 32.3 Å². The number of methoxy groups -OCH3 is 1. The lowest BCUT2D eigenvalue weighted by Crippen LogP contribution is -2.42. The first-order valence-electron chi connectivity index (χ1n) is 11.0. The van der Waals surface area contributed by atoms with Gasteiger partial charge in [0.15, 0.2) is 11.6 Å². The zero-order valence-corrected chi connectivity index (χ0v) is 19.4. The smallest absolute Gasteiger partial charge is 0.263 e. The quantitative estimate of drug-likeness (QED) is 0.582. The van der Waals surface area contributed by atoms with E-state index in [1.807, 2.05) is 4.90 Å². The second-order valence-electron chi connectivity index (χ2n) is 8.30. The summed E-state index contributed by atoms with van der Waals surface area (Å²) < 4.78 is 35.8. The van der Waals surface area contributed by atoms with Crippen LogP contribution in [0.25, 0.3) is 22.4 Å². The predicted molar refractivity (Wildman–Crippen MR) is 130 cm³/mol. The molecule has 0 amide bonds. The Labute approximate surface area is 196 Å². The fourth-order valence-electron chi connectivity index (χ4n) is 4.18. The highest BCUT2D eigenvalue weighted by Crippen LogP contribution is 2.33. The monoisotopic (exact) mass is 467 g/mol. The lowest BCUT2D eigenvalue weighted by molar-refractivity contribution is 0.386. The Hall–Kier alpha value is -3.59. The van der Waals surface area contributed by atoms with Crippen molar-refractivity contribution in [3.63, 3.8) is 0 Å². The number of anilines is 1. The number of halogens is 2. The van der Waals surface area contributed by atoms with Gasteiger partial charge in [-0.05, 0) is 42.7 Å². The van der Waals surface area contributed by atoms with Crippen molar-refractivity contribution in [3.8, 4) is 28.1 Å². The van der Waals surface area contributed by atoms with Crippen LogP contribution in [0.3, 0.4) is 0 Å². The van der Waals surface area contributed by atoms with Gasteiger partial charge in [0.2, 0.25) is 5.95 Å². The average Bonchev–Trinajstić information content (AvgIpc) is 2.82. The standard InChI is InChI=1S/C25H27F2N5O2/c1-29-14-17-5-4-16(13-19(17)26)23-22(15-6-7-21(34-3)20(27)12-15)24(33)31(2)25(30-23)32-10-8-18(28)9-11-32/h4-7,12-14,18H,8-11,28H2,1-3H3/b29-14+. The van der Waals surface area contributed by atoms with E-state index in [-0.39, 0.29) is 28.6 Å². The highest BCUT2D eigenvalue weighted by Gasteiger charge is 2.25. The Balaban J connectivity index is 1.95. The second kappa shape index (κ2) is 9.72. The molecule has 0 bridgehead atoms. The number of hydrogen-bond donors (Lipinski definition) is 1. The molecule has 34 heavy (non-hydrogen) atoms. The van der Waals surface area contributed by atoms with Crippen LogP contribution in [-0.2, 0) is 7.05 Å². The number of ether oxygens (including phenoxy) is 1. The molecule has 0 atom stereocenters. The molecular weight excluding hydrogens is 440 g/mol. The molecule has 7 nitrogen and oxygen atoms in total. The first-order chi connectivity index (χ1) is 16.3. The Morgan fingerprint density at radius 1 is 1.12 bits per heavy atom. The van der Waals surface area contributed by atoms with Crippen molar-refractivity contribution >= 4 is 12.2 Å². The summed E-state index contributed by atoms with van der Waals surface area (Å²) in [6.07, 6.45) is 2.96. The van der Waals surface area contributed by atoms with E-state index in [2.05, 4.69) is 4.99 Å². The molecule has 0 saturated carbocycles. The molecule has 0 aliphatic carbocycles. The normalized spacial score (nSPS) is 14.7.